The molecule has 0 aromatic carbocycles. The number of hydrogen-bond donors (Lipinski definition) is 4. The van der Waals surface area contributed by atoms with Crippen LogP contribution in [0.4, 0.5) is 0 Å². The van der Waals surface area contributed by atoms with E-state index < -0.39 is 12.1 Å². The monoisotopic (exact) mass is 482 g/mol. The van der Waals surface area contributed by atoms with Crippen molar-refractivity contribution in [2.24, 2.45) is 11.8 Å². The van der Waals surface area contributed by atoms with Crippen molar-refractivity contribution in [3.05, 3.63) is 12.2 Å². The van der Waals surface area contributed by atoms with Crippen LogP contribution < -0.4 is 0 Å². The van der Waals surface area contributed by atoms with Gasteiger partial charge in [0, 0.05) is 16.3 Å². The zero-order chi connectivity index (χ0) is 19.5. The molecule has 0 bridgehead atoms. The quantitative estimate of drug-likeness (QED) is 0.139. The summed E-state index contributed by atoms with van der Waals surface area (Å²) in [6, 6.07) is 0. The number of carbonyl (C=O) groups is 1. The third kappa shape index (κ3) is 9.67. The van der Waals surface area contributed by atoms with Crippen LogP contribution in [0, 0.1) is 11.8 Å². The van der Waals surface area contributed by atoms with Crippen LogP contribution in [0.3, 0.4) is 0 Å². The summed E-state index contributed by atoms with van der Waals surface area (Å²) in [5.41, 5.74) is 0. The Morgan fingerprint density at radius 1 is 1.15 bits per heavy atom. The zero-order valence-corrected chi connectivity index (χ0v) is 17.9. The molecule has 0 unspecified atom stereocenters. The third-order valence-corrected chi connectivity index (χ3v) is 6.66. The fourth-order valence-corrected chi connectivity index (χ4v) is 5.08. The van der Waals surface area contributed by atoms with Crippen LogP contribution in [0.2, 0.25) is 0 Å². The summed E-state index contributed by atoms with van der Waals surface area (Å²) in [5.74, 6) is -0.234. The zero-order valence-electron chi connectivity index (χ0n) is 15.8. The first-order valence-corrected chi connectivity index (χ1v) is 11.1. The van der Waals surface area contributed by atoms with E-state index in [1.165, 1.54) is 0 Å². The lowest BCUT2D eigenvalue weighted by atomic mass is 9.89. The third-order valence-electron chi connectivity index (χ3n) is 5.23. The molecule has 5 nitrogen and oxygen atoms in total. The molecule has 0 radical (unpaired) electrons. The first-order valence-electron chi connectivity index (χ1n) is 9.89. The Labute approximate surface area is 171 Å². The molecule has 0 amide bonds. The van der Waals surface area contributed by atoms with Crippen molar-refractivity contribution in [2.45, 2.75) is 93.4 Å². The van der Waals surface area contributed by atoms with E-state index in [0.29, 0.717) is 22.7 Å². The van der Waals surface area contributed by atoms with Crippen molar-refractivity contribution < 1.29 is 25.2 Å². The molecule has 0 spiro atoms. The van der Waals surface area contributed by atoms with E-state index in [-0.39, 0.29) is 24.5 Å². The molecule has 1 rings (SSSR count). The molecule has 6 heteroatoms. The standard InChI is InChI=1S/C20H35IO5/c1-14(22)7-6-8-15(23)11-12-17-16(18(21)13-19(17)24)9-4-2-3-5-10-20(25)26/h11-12,14-19,22-24H,2-10,13H2,1H3,(H,25,26)/t14-,15+,16-,17-,18-,19-/m1/s1. The molecule has 1 aliphatic rings. The van der Waals surface area contributed by atoms with E-state index in [4.69, 9.17) is 5.11 Å². The predicted molar refractivity (Wildman–Crippen MR) is 111 cm³/mol. The van der Waals surface area contributed by atoms with Crippen LogP contribution in [-0.4, -0.2) is 48.6 Å². The van der Waals surface area contributed by atoms with Crippen molar-refractivity contribution in [3.63, 3.8) is 0 Å². The lowest BCUT2D eigenvalue weighted by Crippen LogP contribution is -2.19. The molecule has 0 saturated heterocycles. The Kier molecular flexibility index (Phi) is 12.0. The first kappa shape index (κ1) is 23.9. The highest BCUT2D eigenvalue weighted by molar-refractivity contribution is 14.1. The van der Waals surface area contributed by atoms with Crippen LogP contribution in [0.1, 0.15) is 71.1 Å². The molecule has 152 valence electrons. The van der Waals surface area contributed by atoms with Crippen molar-refractivity contribution >= 4 is 28.6 Å². The van der Waals surface area contributed by atoms with Gasteiger partial charge in [0.05, 0.1) is 18.3 Å². The van der Waals surface area contributed by atoms with Gasteiger partial charge in [-0.3, -0.25) is 4.79 Å². The van der Waals surface area contributed by atoms with Crippen molar-refractivity contribution in [1.82, 2.24) is 0 Å². The van der Waals surface area contributed by atoms with Gasteiger partial charge in [0.25, 0.3) is 0 Å². The molecule has 1 saturated carbocycles. The first-order chi connectivity index (χ1) is 12.3. The number of aliphatic carboxylic acids is 1. The summed E-state index contributed by atoms with van der Waals surface area (Å²) in [7, 11) is 0. The number of halogens is 1. The number of hydrogen-bond acceptors (Lipinski definition) is 4. The summed E-state index contributed by atoms with van der Waals surface area (Å²) in [6.07, 6.45) is 10.5. The predicted octanol–water partition coefficient (Wildman–Crippen LogP) is 3.68. The van der Waals surface area contributed by atoms with Crippen LogP contribution in [0.15, 0.2) is 12.2 Å². The van der Waals surface area contributed by atoms with Gasteiger partial charge in [-0.15, -0.1) is 0 Å². The Morgan fingerprint density at radius 2 is 1.85 bits per heavy atom. The SMILES string of the molecule is C[C@@H](O)CCC[C@H](O)C=C[C@@H]1[C@@H](CCCCCCC(=O)O)[C@H](I)C[C@H]1O. The molecule has 0 aromatic rings. The van der Waals surface area contributed by atoms with Gasteiger partial charge in [-0.1, -0.05) is 54.0 Å². The number of carboxylic acids is 1. The van der Waals surface area contributed by atoms with E-state index in [1.54, 1.807) is 6.92 Å². The highest BCUT2D eigenvalue weighted by Gasteiger charge is 2.39. The molecule has 1 aliphatic carbocycles. The van der Waals surface area contributed by atoms with Gasteiger partial charge in [-0.05, 0) is 51.4 Å². The van der Waals surface area contributed by atoms with Gasteiger partial charge in [0.1, 0.15) is 0 Å². The average molecular weight is 482 g/mol. The minimum absolute atomic E-state index is 0.0855. The largest absolute Gasteiger partial charge is 0.481 e. The van der Waals surface area contributed by atoms with Gasteiger partial charge in [-0.25, -0.2) is 0 Å². The second-order valence-electron chi connectivity index (χ2n) is 7.64. The lowest BCUT2D eigenvalue weighted by Gasteiger charge is -2.21. The van der Waals surface area contributed by atoms with Gasteiger partial charge >= 0.3 is 5.97 Å². The van der Waals surface area contributed by atoms with E-state index in [1.807, 2.05) is 12.2 Å². The number of aliphatic hydroxyl groups is 3. The smallest absolute Gasteiger partial charge is 0.303 e. The molecular formula is C20H35IO5. The Bertz CT molecular complexity index is 426. The number of rotatable bonds is 13. The average Bonchev–Trinajstić information content (AvgIpc) is 2.81. The highest BCUT2D eigenvalue weighted by Crippen LogP contribution is 2.41. The number of unbranched alkanes of at least 4 members (excludes halogenated alkanes) is 3. The van der Waals surface area contributed by atoms with Gasteiger partial charge in [0.2, 0.25) is 0 Å². The van der Waals surface area contributed by atoms with E-state index in [0.717, 1.165) is 44.9 Å². The van der Waals surface area contributed by atoms with Crippen molar-refractivity contribution in [3.8, 4) is 0 Å². The molecule has 1 fully saturated rings. The minimum atomic E-state index is -0.728. The number of carboxylic acid groups (broad SMARTS) is 1. The molecular weight excluding hydrogens is 447 g/mol. The second-order valence-corrected chi connectivity index (χ2v) is 9.24. The van der Waals surface area contributed by atoms with E-state index >= 15 is 0 Å². The van der Waals surface area contributed by atoms with Gasteiger partial charge in [-0.2, -0.15) is 0 Å². The van der Waals surface area contributed by atoms with Crippen LogP contribution in [0.5, 0.6) is 0 Å². The minimum Gasteiger partial charge on any atom is -0.481 e. The Balaban J connectivity index is 2.38. The molecule has 0 aliphatic heterocycles. The summed E-state index contributed by atoms with van der Waals surface area (Å²) in [6.45, 7) is 1.75. The molecule has 26 heavy (non-hydrogen) atoms. The normalized spacial score (nSPS) is 28.5. The Hall–Kier alpha value is -0.180. The molecule has 6 atom stereocenters. The van der Waals surface area contributed by atoms with Gasteiger partial charge < -0.3 is 20.4 Å². The fraction of sp³-hybridized carbons (Fsp3) is 0.850. The van der Waals surface area contributed by atoms with Gasteiger partial charge in [0.15, 0.2) is 0 Å². The van der Waals surface area contributed by atoms with Crippen LogP contribution >= 0.6 is 22.6 Å². The number of aliphatic hydroxyl groups excluding tert-OH is 3. The summed E-state index contributed by atoms with van der Waals surface area (Å²) in [4.78, 5) is 10.5. The maximum absolute atomic E-state index is 10.5. The van der Waals surface area contributed by atoms with E-state index in [9.17, 15) is 20.1 Å². The van der Waals surface area contributed by atoms with Crippen LogP contribution in [0.25, 0.3) is 0 Å². The van der Waals surface area contributed by atoms with Crippen molar-refractivity contribution in [1.29, 1.82) is 0 Å². The molecule has 4 N–H and O–H groups in total. The summed E-state index contributed by atoms with van der Waals surface area (Å²) in [5, 5.41) is 38.4. The highest BCUT2D eigenvalue weighted by atomic mass is 127. The Morgan fingerprint density at radius 3 is 2.50 bits per heavy atom. The topological polar surface area (TPSA) is 98.0 Å². The fourth-order valence-electron chi connectivity index (χ4n) is 3.72. The maximum atomic E-state index is 10.5. The van der Waals surface area contributed by atoms with Crippen LogP contribution in [-0.2, 0) is 4.79 Å². The summed E-state index contributed by atoms with van der Waals surface area (Å²) < 4.78 is 0.434. The maximum Gasteiger partial charge on any atom is 0.303 e. The summed E-state index contributed by atoms with van der Waals surface area (Å²) >= 11 is 2.43. The van der Waals surface area contributed by atoms with Crippen molar-refractivity contribution in [2.75, 3.05) is 0 Å². The molecule has 0 heterocycles. The molecule has 0 aromatic heterocycles. The number of alkyl halides is 1. The van der Waals surface area contributed by atoms with E-state index in [2.05, 4.69) is 22.6 Å². The lowest BCUT2D eigenvalue weighted by molar-refractivity contribution is -0.137. The second kappa shape index (κ2) is 13.1.